The predicted octanol–water partition coefficient (Wildman–Crippen LogP) is 3.10. The molecule has 1 aromatic carbocycles. The number of carbonyl (C=O) groups is 1. The Labute approximate surface area is 132 Å². The van der Waals surface area contributed by atoms with Crippen LogP contribution in [0.3, 0.4) is 0 Å². The fraction of sp³-hybridized carbons (Fsp3) is 0.438. The van der Waals surface area contributed by atoms with E-state index in [1.807, 2.05) is 18.2 Å². The summed E-state index contributed by atoms with van der Waals surface area (Å²) in [5, 5.41) is 0. The number of ketones is 1. The van der Waals surface area contributed by atoms with Crippen LogP contribution in [0.1, 0.15) is 18.4 Å². The molecule has 5 heteroatoms. The van der Waals surface area contributed by atoms with Gasteiger partial charge in [-0.25, -0.2) is 0 Å². The average Bonchev–Trinajstić information content (AvgIpc) is 2.50. The van der Waals surface area contributed by atoms with Crippen molar-refractivity contribution in [2.45, 2.75) is 12.8 Å². The number of fused-ring (bicyclic) bond motifs is 3. The van der Waals surface area contributed by atoms with Crippen LogP contribution in [-0.4, -0.2) is 38.0 Å². The summed E-state index contributed by atoms with van der Waals surface area (Å²) in [7, 11) is 3.22. The third-order valence-electron chi connectivity index (χ3n) is 4.22. The van der Waals surface area contributed by atoms with E-state index in [4.69, 9.17) is 9.47 Å². The molecular formula is C16H18BrNO3. The summed E-state index contributed by atoms with van der Waals surface area (Å²) in [5.41, 5.74) is 1.66. The summed E-state index contributed by atoms with van der Waals surface area (Å²) < 4.78 is 11.7. The van der Waals surface area contributed by atoms with Crippen LogP contribution in [0.2, 0.25) is 0 Å². The maximum absolute atomic E-state index is 12.4. The Balaban J connectivity index is 2.06. The highest BCUT2D eigenvalue weighted by molar-refractivity contribution is 9.10. The van der Waals surface area contributed by atoms with Crippen LogP contribution in [0.15, 0.2) is 22.3 Å². The first kappa shape index (κ1) is 14.4. The van der Waals surface area contributed by atoms with Crippen molar-refractivity contribution in [2.24, 2.45) is 5.92 Å². The number of allylic oxidation sites excluding steroid dienone is 1. The fourth-order valence-corrected chi connectivity index (χ4v) is 3.58. The molecule has 3 saturated heterocycles. The van der Waals surface area contributed by atoms with Gasteiger partial charge in [-0.15, -0.1) is 0 Å². The van der Waals surface area contributed by atoms with Gasteiger partial charge in [0.1, 0.15) is 0 Å². The van der Waals surface area contributed by atoms with Crippen LogP contribution in [0, 0.1) is 5.92 Å². The number of rotatable bonds is 3. The number of nitrogens with zero attached hydrogens (tertiary/aromatic N) is 1. The van der Waals surface area contributed by atoms with Gasteiger partial charge in [-0.3, -0.25) is 4.79 Å². The Hall–Kier alpha value is -1.49. The van der Waals surface area contributed by atoms with Crippen molar-refractivity contribution >= 4 is 27.8 Å². The van der Waals surface area contributed by atoms with E-state index in [0.29, 0.717) is 11.5 Å². The molecule has 0 radical (unpaired) electrons. The van der Waals surface area contributed by atoms with Crippen LogP contribution in [0.5, 0.6) is 11.5 Å². The number of benzene rings is 1. The van der Waals surface area contributed by atoms with Gasteiger partial charge in [-0.05, 0) is 31.1 Å². The third kappa shape index (κ3) is 2.55. The van der Waals surface area contributed by atoms with E-state index in [0.717, 1.165) is 41.7 Å². The van der Waals surface area contributed by atoms with Crippen LogP contribution >= 0.6 is 15.9 Å². The highest BCUT2D eigenvalue weighted by Gasteiger charge is 2.36. The van der Waals surface area contributed by atoms with E-state index in [9.17, 15) is 4.79 Å². The number of methoxy groups -OCH3 is 2. The monoisotopic (exact) mass is 351 g/mol. The molecule has 0 unspecified atom stereocenters. The van der Waals surface area contributed by atoms with Crippen molar-refractivity contribution < 1.29 is 14.3 Å². The minimum atomic E-state index is 0.196. The number of Topliss-reactive ketones (excluding diaryl/α,β-unsaturated/α-hetero) is 1. The van der Waals surface area contributed by atoms with Crippen molar-refractivity contribution in [1.82, 2.24) is 4.90 Å². The van der Waals surface area contributed by atoms with Gasteiger partial charge in [-0.1, -0.05) is 15.9 Å². The van der Waals surface area contributed by atoms with Gasteiger partial charge in [0.05, 0.1) is 19.9 Å². The summed E-state index contributed by atoms with van der Waals surface area (Å²) >= 11 is 3.47. The second-order valence-corrected chi connectivity index (χ2v) is 6.30. The zero-order valence-corrected chi connectivity index (χ0v) is 13.8. The molecule has 0 amide bonds. The zero-order chi connectivity index (χ0) is 15.0. The smallest absolute Gasteiger partial charge is 0.182 e. The van der Waals surface area contributed by atoms with Crippen molar-refractivity contribution in [3.63, 3.8) is 0 Å². The van der Waals surface area contributed by atoms with Gasteiger partial charge in [-0.2, -0.15) is 0 Å². The molecule has 0 spiro atoms. The number of hydrogen-bond donors (Lipinski definition) is 0. The summed E-state index contributed by atoms with van der Waals surface area (Å²) in [6.45, 7) is 1.94. The van der Waals surface area contributed by atoms with E-state index < -0.39 is 0 Å². The van der Waals surface area contributed by atoms with Crippen molar-refractivity contribution in [3.8, 4) is 11.5 Å². The van der Waals surface area contributed by atoms with Gasteiger partial charge in [0.15, 0.2) is 17.3 Å². The van der Waals surface area contributed by atoms with Crippen LogP contribution in [-0.2, 0) is 4.79 Å². The summed E-state index contributed by atoms with van der Waals surface area (Å²) in [6.07, 6.45) is 3.89. The summed E-state index contributed by atoms with van der Waals surface area (Å²) in [6, 6.07) is 3.81. The molecule has 2 bridgehead atoms. The quantitative estimate of drug-likeness (QED) is 0.784. The van der Waals surface area contributed by atoms with Gasteiger partial charge < -0.3 is 14.4 Å². The second kappa shape index (κ2) is 5.72. The highest BCUT2D eigenvalue weighted by atomic mass is 79.9. The van der Waals surface area contributed by atoms with Crippen LogP contribution in [0.4, 0.5) is 0 Å². The molecule has 4 rings (SSSR count). The number of hydrogen-bond acceptors (Lipinski definition) is 4. The topological polar surface area (TPSA) is 38.8 Å². The Morgan fingerprint density at radius 3 is 2.52 bits per heavy atom. The Bertz CT molecular complexity index is 604. The molecule has 0 saturated carbocycles. The molecule has 112 valence electrons. The molecule has 0 aliphatic carbocycles. The zero-order valence-electron chi connectivity index (χ0n) is 12.2. The molecule has 3 fully saturated rings. The first-order valence-electron chi connectivity index (χ1n) is 7.06. The lowest BCUT2D eigenvalue weighted by atomic mass is 9.84. The maximum atomic E-state index is 12.4. The lowest BCUT2D eigenvalue weighted by Gasteiger charge is -2.41. The molecular weight excluding hydrogens is 334 g/mol. The van der Waals surface area contributed by atoms with E-state index >= 15 is 0 Å². The highest BCUT2D eigenvalue weighted by Crippen LogP contribution is 2.38. The van der Waals surface area contributed by atoms with Gasteiger partial charge in [0.25, 0.3) is 0 Å². The Morgan fingerprint density at radius 1 is 1.24 bits per heavy atom. The van der Waals surface area contributed by atoms with Crippen LogP contribution < -0.4 is 9.47 Å². The van der Waals surface area contributed by atoms with Crippen molar-refractivity contribution in [2.75, 3.05) is 27.3 Å². The molecule has 0 atom stereocenters. The van der Waals surface area contributed by atoms with E-state index in [-0.39, 0.29) is 11.7 Å². The molecule has 0 N–H and O–H groups in total. The number of ether oxygens (including phenoxy) is 2. The molecule has 3 aliphatic rings. The standard InChI is InChI=1S/C16H18BrNO3/c1-20-14-9-12(17)7-11(16(14)21-2)8-13-15(19)10-3-5-18(13)6-4-10/h7-10H,3-6H2,1-2H3/b13-8-. The average molecular weight is 352 g/mol. The SMILES string of the molecule is COc1cc(Br)cc(/C=C2/C(=O)C3CCN2CC3)c1OC. The third-order valence-corrected chi connectivity index (χ3v) is 4.68. The molecule has 4 nitrogen and oxygen atoms in total. The Kier molecular flexibility index (Phi) is 3.93. The lowest BCUT2D eigenvalue weighted by molar-refractivity contribution is -0.125. The number of carbonyl (C=O) groups excluding carboxylic acids is 1. The minimum absolute atomic E-state index is 0.196. The maximum Gasteiger partial charge on any atom is 0.182 e. The van der Waals surface area contributed by atoms with Gasteiger partial charge in [0.2, 0.25) is 0 Å². The minimum Gasteiger partial charge on any atom is -0.493 e. The Morgan fingerprint density at radius 2 is 1.95 bits per heavy atom. The van der Waals surface area contributed by atoms with E-state index in [1.165, 1.54) is 0 Å². The largest absolute Gasteiger partial charge is 0.493 e. The number of piperidine rings is 3. The van der Waals surface area contributed by atoms with Crippen molar-refractivity contribution in [1.29, 1.82) is 0 Å². The fourth-order valence-electron chi connectivity index (χ4n) is 3.12. The molecule has 3 heterocycles. The van der Waals surface area contributed by atoms with Gasteiger partial charge in [0, 0.05) is 29.0 Å². The molecule has 21 heavy (non-hydrogen) atoms. The van der Waals surface area contributed by atoms with Crippen LogP contribution in [0.25, 0.3) is 6.08 Å². The van der Waals surface area contributed by atoms with Crippen molar-refractivity contribution in [3.05, 3.63) is 27.9 Å². The first-order chi connectivity index (χ1) is 10.1. The predicted molar refractivity (Wildman–Crippen MR) is 84.5 cm³/mol. The van der Waals surface area contributed by atoms with E-state index in [1.54, 1.807) is 14.2 Å². The second-order valence-electron chi connectivity index (χ2n) is 5.39. The number of halogens is 1. The molecule has 0 aromatic heterocycles. The molecule has 3 aliphatic heterocycles. The first-order valence-corrected chi connectivity index (χ1v) is 7.85. The molecule has 1 aromatic rings. The lowest BCUT2D eigenvalue weighted by Crippen LogP contribution is -2.45. The normalized spacial score (nSPS) is 20.2. The summed E-state index contributed by atoms with van der Waals surface area (Å²) in [5.74, 6) is 1.76. The van der Waals surface area contributed by atoms with Gasteiger partial charge >= 0.3 is 0 Å². The summed E-state index contributed by atoms with van der Waals surface area (Å²) in [4.78, 5) is 14.6. The van der Waals surface area contributed by atoms with E-state index in [2.05, 4.69) is 20.8 Å².